The summed E-state index contributed by atoms with van der Waals surface area (Å²) in [5.74, 6) is -0.447. The minimum atomic E-state index is -0.320. The van der Waals surface area contributed by atoms with Crippen LogP contribution < -0.4 is 5.32 Å². The molecule has 0 aliphatic rings. The van der Waals surface area contributed by atoms with Crippen molar-refractivity contribution in [2.75, 3.05) is 0 Å². The van der Waals surface area contributed by atoms with E-state index in [1.54, 1.807) is 22.7 Å². The third-order valence-electron chi connectivity index (χ3n) is 2.64. The van der Waals surface area contributed by atoms with Crippen molar-refractivity contribution in [1.29, 1.82) is 0 Å². The summed E-state index contributed by atoms with van der Waals surface area (Å²) in [5.41, 5.74) is 1.34. The van der Waals surface area contributed by atoms with E-state index in [0.29, 0.717) is 22.8 Å². The molecule has 1 N–H and O–H groups in total. The topological polar surface area (TPSA) is 46.4 Å². The van der Waals surface area contributed by atoms with Crippen molar-refractivity contribution in [2.45, 2.75) is 6.54 Å². The number of nitrogens with zero attached hydrogens (tertiary/aromatic N) is 2. The summed E-state index contributed by atoms with van der Waals surface area (Å²) in [4.78, 5) is 16.7. The van der Waals surface area contributed by atoms with E-state index in [1.807, 2.05) is 11.4 Å². The molecule has 96 valence electrons. The number of carbonyl (C=O) groups is 1. The standard InChI is InChI=1S/C13H10FN3OS/c14-9-3-4-12-16-10(8-17(12)7-9)6-15-13(18)11-2-1-5-19-11/h1-5,7-8H,6H2,(H,15,18). The van der Waals surface area contributed by atoms with Crippen molar-refractivity contribution in [1.82, 2.24) is 14.7 Å². The summed E-state index contributed by atoms with van der Waals surface area (Å²) >= 11 is 1.39. The van der Waals surface area contributed by atoms with E-state index in [-0.39, 0.29) is 11.7 Å². The fourth-order valence-corrected chi connectivity index (χ4v) is 2.41. The van der Waals surface area contributed by atoms with Crippen LogP contribution in [0.4, 0.5) is 4.39 Å². The molecule has 0 bridgehead atoms. The molecule has 3 aromatic heterocycles. The van der Waals surface area contributed by atoms with Crippen LogP contribution in [0, 0.1) is 5.82 Å². The Kier molecular flexibility index (Phi) is 3.00. The fraction of sp³-hybridized carbons (Fsp3) is 0.0769. The highest BCUT2D eigenvalue weighted by Crippen LogP contribution is 2.09. The Hall–Kier alpha value is -2.21. The van der Waals surface area contributed by atoms with Crippen molar-refractivity contribution in [3.63, 3.8) is 0 Å². The van der Waals surface area contributed by atoms with E-state index in [0.717, 1.165) is 0 Å². The molecule has 4 nitrogen and oxygen atoms in total. The van der Waals surface area contributed by atoms with Crippen LogP contribution in [-0.2, 0) is 6.54 Å². The van der Waals surface area contributed by atoms with E-state index < -0.39 is 0 Å². The van der Waals surface area contributed by atoms with Gasteiger partial charge in [0.15, 0.2) is 0 Å². The molecule has 3 rings (SSSR count). The largest absolute Gasteiger partial charge is 0.346 e. The third kappa shape index (κ3) is 2.48. The zero-order valence-corrected chi connectivity index (χ0v) is 10.7. The third-order valence-corrected chi connectivity index (χ3v) is 3.51. The lowest BCUT2D eigenvalue weighted by atomic mass is 10.4. The maximum atomic E-state index is 13.0. The molecule has 3 aromatic rings. The Bertz CT molecular complexity index is 721. The molecule has 19 heavy (non-hydrogen) atoms. The number of nitrogens with one attached hydrogen (secondary N) is 1. The Morgan fingerprint density at radius 2 is 2.26 bits per heavy atom. The van der Waals surface area contributed by atoms with Crippen LogP contribution in [0.5, 0.6) is 0 Å². The van der Waals surface area contributed by atoms with Crippen LogP contribution in [0.3, 0.4) is 0 Å². The number of pyridine rings is 1. The minimum absolute atomic E-state index is 0.127. The van der Waals surface area contributed by atoms with Crippen molar-refractivity contribution in [3.8, 4) is 0 Å². The quantitative estimate of drug-likeness (QED) is 0.798. The number of imidazole rings is 1. The maximum absolute atomic E-state index is 13.0. The highest BCUT2D eigenvalue weighted by Gasteiger charge is 2.07. The Morgan fingerprint density at radius 1 is 1.37 bits per heavy atom. The fourth-order valence-electron chi connectivity index (χ4n) is 1.77. The van der Waals surface area contributed by atoms with Crippen LogP contribution in [0.15, 0.2) is 42.0 Å². The zero-order valence-electron chi connectivity index (χ0n) is 9.84. The molecule has 0 fully saturated rings. The number of rotatable bonds is 3. The van der Waals surface area contributed by atoms with E-state index >= 15 is 0 Å². The van der Waals surface area contributed by atoms with Gasteiger partial charge in [-0.3, -0.25) is 4.79 Å². The second kappa shape index (κ2) is 4.81. The summed E-state index contributed by atoms with van der Waals surface area (Å²) in [5, 5.41) is 4.63. The molecule has 1 amide bonds. The van der Waals surface area contributed by atoms with Gasteiger partial charge in [-0.05, 0) is 23.6 Å². The average molecular weight is 275 g/mol. The first-order valence-electron chi connectivity index (χ1n) is 5.67. The number of hydrogen-bond donors (Lipinski definition) is 1. The molecular weight excluding hydrogens is 265 g/mol. The lowest BCUT2D eigenvalue weighted by Crippen LogP contribution is -2.21. The summed E-state index contributed by atoms with van der Waals surface area (Å²) in [6, 6.07) is 6.54. The molecule has 0 radical (unpaired) electrons. The smallest absolute Gasteiger partial charge is 0.261 e. The van der Waals surface area contributed by atoms with Gasteiger partial charge in [0, 0.05) is 12.4 Å². The molecule has 0 spiro atoms. The summed E-state index contributed by atoms with van der Waals surface area (Å²) < 4.78 is 14.6. The molecule has 0 unspecified atom stereocenters. The Labute approximate surface area is 112 Å². The van der Waals surface area contributed by atoms with Gasteiger partial charge in [-0.2, -0.15) is 0 Å². The van der Waals surface area contributed by atoms with Crippen molar-refractivity contribution >= 4 is 22.9 Å². The minimum Gasteiger partial charge on any atom is -0.346 e. The number of amides is 1. The van der Waals surface area contributed by atoms with Gasteiger partial charge in [-0.25, -0.2) is 9.37 Å². The van der Waals surface area contributed by atoms with E-state index in [2.05, 4.69) is 10.3 Å². The zero-order chi connectivity index (χ0) is 13.2. The van der Waals surface area contributed by atoms with Crippen LogP contribution in [0.25, 0.3) is 5.65 Å². The number of aromatic nitrogens is 2. The highest BCUT2D eigenvalue weighted by atomic mass is 32.1. The number of carbonyl (C=O) groups excluding carboxylic acids is 1. The second-order valence-electron chi connectivity index (χ2n) is 4.01. The first kappa shape index (κ1) is 11.9. The SMILES string of the molecule is O=C(NCc1cn2cc(F)ccc2n1)c1cccs1. The monoisotopic (exact) mass is 275 g/mol. The molecule has 0 aliphatic heterocycles. The van der Waals surface area contributed by atoms with E-state index in [1.165, 1.54) is 23.6 Å². The lowest BCUT2D eigenvalue weighted by molar-refractivity contribution is 0.0954. The van der Waals surface area contributed by atoms with Crippen LogP contribution in [0.1, 0.15) is 15.4 Å². The van der Waals surface area contributed by atoms with Crippen LogP contribution in [-0.4, -0.2) is 15.3 Å². The van der Waals surface area contributed by atoms with Crippen molar-refractivity contribution in [3.05, 3.63) is 58.4 Å². The number of thiophene rings is 1. The molecule has 0 aromatic carbocycles. The molecule has 3 heterocycles. The average Bonchev–Trinajstić information content (AvgIpc) is 3.04. The summed E-state index contributed by atoms with van der Waals surface area (Å²) in [7, 11) is 0. The van der Waals surface area contributed by atoms with Crippen molar-refractivity contribution < 1.29 is 9.18 Å². The normalized spacial score (nSPS) is 10.8. The van der Waals surface area contributed by atoms with Crippen molar-refractivity contribution in [2.24, 2.45) is 0 Å². The predicted molar refractivity (Wildman–Crippen MR) is 70.6 cm³/mol. The van der Waals surface area contributed by atoms with Gasteiger partial charge >= 0.3 is 0 Å². The van der Waals surface area contributed by atoms with Gasteiger partial charge in [0.1, 0.15) is 11.5 Å². The summed E-state index contributed by atoms with van der Waals surface area (Å²) in [6.07, 6.45) is 3.06. The number of fused-ring (bicyclic) bond motifs is 1. The van der Waals surface area contributed by atoms with Gasteiger partial charge < -0.3 is 9.72 Å². The number of hydrogen-bond acceptors (Lipinski definition) is 3. The second-order valence-corrected chi connectivity index (χ2v) is 4.95. The molecule has 6 heteroatoms. The van der Waals surface area contributed by atoms with Gasteiger partial charge in [-0.15, -0.1) is 11.3 Å². The highest BCUT2D eigenvalue weighted by molar-refractivity contribution is 7.12. The van der Waals surface area contributed by atoms with E-state index in [4.69, 9.17) is 0 Å². The Balaban J connectivity index is 1.73. The van der Waals surface area contributed by atoms with Gasteiger partial charge in [-0.1, -0.05) is 6.07 Å². The van der Waals surface area contributed by atoms with E-state index in [9.17, 15) is 9.18 Å². The van der Waals surface area contributed by atoms with Crippen LogP contribution in [0.2, 0.25) is 0 Å². The molecule has 0 saturated heterocycles. The molecule has 0 saturated carbocycles. The summed E-state index contributed by atoms with van der Waals surface area (Å²) in [6.45, 7) is 0.319. The van der Waals surface area contributed by atoms with Gasteiger partial charge in [0.25, 0.3) is 5.91 Å². The molecular formula is C13H10FN3OS. The first-order valence-corrected chi connectivity index (χ1v) is 6.55. The number of halogens is 1. The Morgan fingerprint density at radius 3 is 3.05 bits per heavy atom. The first-order chi connectivity index (χ1) is 9.22. The maximum Gasteiger partial charge on any atom is 0.261 e. The lowest BCUT2D eigenvalue weighted by Gasteiger charge is -1.99. The predicted octanol–water partition coefficient (Wildman–Crippen LogP) is 2.46. The van der Waals surface area contributed by atoms with Gasteiger partial charge in [0.05, 0.1) is 17.1 Å². The molecule has 0 aliphatic carbocycles. The van der Waals surface area contributed by atoms with Gasteiger partial charge in [0.2, 0.25) is 0 Å². The van der Waals surface area contributed by atoms with Crippen LogP contribution >= 0.6 is 11.3 Å². The molecule has 0 atom stereocenters.